The molecule has 0 aromatic heterocycles. The van der Waals surface area contributed by atoms with Crippen LogP contribution in [0, 0.1) is 55.4 Å². The third kappa shape index (κ3) is 4.28. The van der Waals surface area contributed by atoms with Crippen LogP contribution < -0.4 is 10.0 Å². The number of aryl methyl sites for hydroxylation is 3. The summed E-state index contributed by atoms with van der Waals surface area (Å²) in [4.78, 5) is 12.7. The molecule has 0 heterocycles. The SMILES string of the molecule is Cc1cc(C)c(NC(=O)CNS(=O)(=O)c2c(C)c(C)c(C)c(C)c2C)c(C)c1. The fraction of sp³-hybridized carbons (Fsp3) is 0.409. The predicted molar refractivity (Wildman–Crippen MR) is 115 cm³/mol. The molecule has 6 heteroatoms. The van der Waals surface area contributed by atoms with E-state index in [1.54, 1.807) is 0 Å². The van der Waals surface area contributed by atoms with E-state index in [0.717, 1.165) is 50.2 Å². The normalized spacial score (nSPS) is 11.6. The van der Waals surface area contributed by atoms with Gasteiger partial charge in [-0.3, -0.25) is 4.79 Å². The van der Waals surface area contributed by atoms with E-state index in [1.165, 1.54) is 0 Å². The first-order valence-electron chi connectivity index (χ1n) is 9.31. The molecular formula is C22H30N2O3S. The molecule has 2 aromatic carbocycles. The lowest BCUT2D eigenvalue weighted by atomic mass is 9.95. The van der Waals surface area contributed by atoms with Crippen molar-refractivity contribution in [3.63, 3.8) is 0 Å². The van der Waals surface area contributed by atoms with Gasteiger partial charge in [-0.25, -0.2) is 13.1 Å². The quantitative estimate of drug-likeness (QED) is 0.791. The molecule has 2 aromatic rings. The molecule has 1 amide bonds. The smallest absolute Gasteiger partial charge is 0.241 e. The van der Waals surface area contributed by atoms with E-state index in [9.17, 15) is 13.2 Å². The molecule has 28 heavy (non-hydrogen) atoms. The van der Waals surface area contributed by atoms with Crippen LogP contribution in [0.15, 0.2) is 17.0 Å². The summed E-state index contributed by atoms with van der Waals surface area (Å²) in [5.41, 5.74) is 8.19. The van der Waals surface area contributed by atoms with E-state index in [-0.39, 0.29) is 11.4 Å². The first kappa shape index (κ1) is 22.1. The van der Waals surface area contributed by atoms with Crippen molar-refractivity contribution in [3.8, 4) is 0 Å². The Morgan fingerprint density at radius 1 is 0.786 bits per heavy atom. The molecule has 5 nitrogen and oxygen atoms in total. The molecule has 0 aliphatic rings. The lowest BCUT2D eigenvalue weighted by Gasteiger charge is -2.19. The van der Waals surface area contributed by atoms with Gasteiger partial charge in [-0.2, -0.15) is 0 Å². The van der Waals surface area contributed by atoms with Crippen LogP contribution in [0.25, 0.3) is 0 Å². The van der Waals surface area contributed by atoms with Gasteiger partial charge in [0, 0.05) is 5.69 Å². The molecule has 0 radical (unpaired) electrons. The van der Waals surface area contributed by atoms with Crippen LogP contribution in [0.3, 0.4) is 0 Å². The van der Waals surface area contributed by atoms with E-state index in [0.29, 0.717) is 0 Å². The van der Waals surface area contributed by atoms with E-state index in [1.807, 2.05) is 67.5 Å². The second-order valence-corrected chi connectivity index (χ2v) is 9.30. The van der Waals surface area contributed by atoms with Crippen LogP contribution in [0.4, 0.5) is 5.69 Å². The maximum absolute atomic E-state index is 12.9. The zero-order valence-corrected chi connectivity index (χ0v) is 18.8. The van der Waals surface area contributed by atoms with Crippen LogP contribution in [-0.4, -0.2) is 20.9 Å². The van der Waals surface area contributed by atoms with Gasteiger partial charge < -0.3 is 5.32 Å². The molecule has 2 rings (SSSR count). The van der Waals surface area contributed by atoms with Crippen LogP contribution in [-0.2, 0) is 14.8 Å². The van der Waals surface area contributed by atoms with Gasteiger partial charge in [0.2, 0.25) is 15.9 Å². The third-order valence-corrected chi connectivity index (χ3v) is 7.24. The Labute approximate surface area is 168 Å². The Kier molecular flexibility index (Phi) is 6.36. The maximum atomic E-state index is 12.9. The van der Waals surface area contributed by atoms with Crippen molar-refractivity contribution in [2.45, 2.75) is 60.3 Å². The van der Waals surface area contributed by atoms with E-state index in [4.69, 9.17) is 0 Å². The Morgan fingerprint density at radius 2 is 1.21 bits per heavy atom. The fourth-order valence-electron chi connectivity index (χ4n) is 3.66. The molecule has 0 bridgehead atoms. The lowest BCUT2D eigenvalue weighted by molar-refractivity contribution is -0.115. The number of benzene rings is 2. The maximum Gasteiger partial charge on any atom is 0.241 e. The Balaban J connectivity index is 2.25. The number of sulfonamides is 1. The number of amides is 1. The second kappa shape index (κ2) is 8.05. The minimum atomic E-state index is -3.81. The summed E-state index contributed by atoms with van der Waals surface area (Å²) in [5.74, 6) is -0.394. The number of hydrogen-bond donors (Lipinski definition) is 2. The molecule has 0 unspecified atom stereocenters. The van der Waals surface area contributed by atoms with Gasteiger partial charge >= 0.3 is 0 Å². The number of anilines is 1. The van der Waals surface area contributed by atoms with Crippen LogP contribution >= 0.6 is 0 Å². The van der Waals surface area contributed by atoms with Crippen LogP contribution in [0.5, 0.6) is 0 Å². The minimum absolute atomic E-state index is 0.267. The Morgan fingerprint density at radius 3 is 1.68 bits per heavy atom. The summed E-state index contributed by atoms with van der Waals surface area (Å²) in [6.45, 7) is 15.0. The third-order valence-electron chi connectivity index (χ3n) is 5.56. The van der Waals surface area contributed by atoms with Gasteiger partial charge in [0.15, 0.2) is 0 Å². The highest BCUT2D eigenvalue weighted by molar-refractivity contribution is 7.89. The standard InChI is InChI=1S/C22H30N2O3S/c1-12-9-13(2)21(14(3)10-12)24-20(25)11-23-28(26,27)22-18(7)16(5)15(4)17(6)19(22)8/h9-10,23H,11H2,1-8H3,(H,24,25). The lowest BCUT2D eigenvalue weighted by Crippen LogP contribution is -2.34. The largest absolute Gasteiger partial charge is 0.324 e. The fourth-order valence-corrected chi connectivity index (χ4v) is 5.24. The number of rotatable bonds is 5. The van der Waals surface area contributed by atoms with Gasteiger partial charge in [-0.15, -0.1) is 0 Å². The van der Waals surface area contributed by atoms with Crippen molar-refractivity contribution in [3.05, 3.63) is 56.6 Å². The summed E-state index contributed by atoms with van der Waals surface area (Å²) in [6.07, 6.45) is 0. The number of carbonyl (C=O) groups is 1. The Hall–Kier alpha value is -2.18. The van der Waals surface area contributed by atoms with Crippen molar-refractivity contribution in [2.24, 2.45) is 0 Å². The van der Waals surface area contributed by atoms with Crippen molar-refractivity contribution >= 4 is 21.6 Å². The highest BCUT2D eigenvalue weighted by Gasteiger charge is 2.24. The van der Waals surface area contributed by atoms with Crippen LogP contribution in [0.2, 0.25) is 0 Å². The monoisotopic (exact) mass is 402 g/mol. The summed E-state index contributed by atoms with van der Waals surface area (Å²) < 4.78 is 28.3. The molecule has 0 saturated heterocycles. The zero-order chi connectivity index (χ0) is 21.4. The van der Waals surface area contributed by atoms with Gasteiger partial charge in [0.25, 0.3) is 0 Å². The van der Waals surface area contributed by atoms with Crippen molar-refractivity contribution in [1.82, 2.24) is 4.72 Å². The highest BCUT2D eigenvalue weighted by atomic mass is 32.2. The number of carbonyl (C=O) groups excluding carboxylic acids is 1. The van der Waals surface area contributed by atoms with Crippen molar-refractivity contribution < 1.29 is 13.2 Å². The topological polar surface area (TPSA) is 75.3 Å². The first-order valence-corrected chi connectivity index (χ1v) is 10.8. The summed E-state index contributed by atoms with van der Waals surface area (Å²) in [7, 11) is -3.81. The summed E-state index contributed by atoms with van der Waals surface area (Å²) >= 11 is 0. The zero-order valence-electron chi connectivity index (χ0n) is 18.0. The first-order chi connectivity index (χ1) is 12.9. The minimum Gasteiger partial charge on any atom is -0.324 e. The molecule has 0 aliphatic heterocycles. The average Bonchev–Trinajstić information content (AvgIpc) is 2.59. The van der Waals surface area contributed by atoms with Gasteiger partial charge in [0.1, 0.15) is 0 Å². The molecular weight excluding hydrogens is 372 g/mol. The summed E-state index contributed by atoms with van der Waals surface area (Å²) in [5, 5.41) is 2.82. The molecule has 0 aliphatic carbocycles. The summed E-state index contributed by atoms with van der Waals surface area (Å²) in [6, 6.07) is 3.97. The van der Waals surface area contributed by atoms with Crippen molar-refractivity contribution in [2.75, 3.05) is 11.9 Å². The molecule has 152 valence electrons. The highest BCUT2D eigenvalue weighted by Crippen LogP contribution is 2.29. The van der Waals surface area contributed by atoms with E-state index >= 15 is 0 Å². The molecule has 0 fully saturated rings. The predicted octanol–water partition coefficient (Wildman–Crippen LogP) is 4.07. The van der Waals surface area contributed by atoms with Crippen LogP contribution in [0.1, 0.15) is 44.5 Å². The van der Waals surface area contributed by atoms with Gasteiger partial charge in [0.05, 0.1) is 11.4 Å². The molecule has 0 atom stereocenters. The Bertz CT molecular complexity index is 1000. The van der Waals surface area contributed by atoms with Gasteiger partial charge in [-0.05, 0) is 94.3 Å². The molecule has 0 saturated carbocycles. The molecule has 2 N–H and O–H groups in total. The van der Waals surface area contributed by atoms with Crippen molar-refractivity contribution in [1.29, 1.82) is 0 Å². The molecule has 0 spiro atoms. The van der Waals surface area contributed by atoms with Gasteiger partial charge in [-0.1, -0.05) is 17.7 Å². The average molecular weight is 403 g/mol. The number of nitrogens with one attached hydrogen (secondary N) is 2. The number of hydrogen-bond acceptors (Lipinski definition) is 3. The second-order valence-electron chi connectivity index (χ2n) is 7.60. The van der Waals surface area contributed by atoms with E-state index in [2.05, 4.69) is 10.0 Å². The van der Waals surface area contributed by atoms with E-state index < -0.39 is 15.9 Å².